The first-order valence-electron chi connectivity index (χ1n) is 14.4. The Morgan fingerprint density at radius 1 is 0.891 bits per heavy atom. The van der Waals surface area contributed by atoms with Crippen LogP contribution >= 0.6 is 0 Å². The molecule has 0 unspecified atom stereocenters. The number of ketones is 1. The molecular weight excluding hydrogens is 630 g/mol. The Bertz CT molecular complexity index is 1050. The van der Waals surface area contributed by atoms with Gasteiger partial charge in [-0.1, -0.05) is 0 Å². The van der Waals surface area contributed by atoms with Gasteiger partial charge in [0.1, 0.15) is 72.9 Å². The van der Waals surface area contributed by atoms with E-state index in [1.807, 2.05) is 0 Å². The molecule has 0 spiro atoms. The number of rotatable bonds is 13. The number of hydrogen-bond donors (Lipinski definition) is 12. The Labute approximate surface area is 261 Å². The van der Waals surface area contributed by atoms with Gasteiger partial charge in [0.05, 0.1) is 38.1 Å². The third-order valence-corrected chi connectivity index (χ3v) is 8.08. The highest BCUT2D eigenvalue weighted by Crippen LogP contribution is 2.35. The summed E-state index contributed by atoms with van der Waals surface area (Å²) in [5.74, 6) is -5.81. The van der Waals surface area contributed by atoms with Crippen molar-refractivity contribution in [2.45, 2.75) is 124 Å². The fraction of sp³-hybridized carbons (Fsp3) is 0.885. The average Bonchev–Trinajstić information content (AvgIpc) is 2.99. The molecule has 3 rings (SSSR count). The number of amides is 1. The number of carbonyl (C=O) groups is 3. The second-order valence-electron chi connectivity index (χ2n) is 11.6. The Morgan fingerprint density at radius 3 is 2.07 bits per heavy atom. The van der Waals surface area contributed by atoms with Crippen molar-refractivity contribution in [3.8, 4) is 0 Å². The Morgan fingerprint density at radius 2 is 1.52 bits per heavy atom. The van der Waals surface area contributed by atoms with Crippen molar-refractivity contribution < 1.29 is 94.2 Å². The maximum atomic E-state index is 12.4. The Balaban J connectivity index is 1.81. The van der Waals surface area contributed by atoms with Gasteiger partial charge in [0.15, 0.2) is 6.29 Å². The molecule has 0 saturated carbocycles. The molecule has 0 aromatic rings. The van der Waals surface area contributed by atoms with Gasteiger partial charge in [-0.3, -0.25) is 9.59 Å². The number of ether oxygens (including phenoxy) is 5. The number of nitrogens with one attached hydrogen (secondary N) is 1. The Kier molecular flexibility index (Phi) is 13.3. The number of hydrogen-bond acceptors (Lipinski definition) is 18. The Hall–Kier alpha value is -1.99. The molecule has 266 valence electrons. The van der Waals surface area contributed by atoms with Gasteiger partial charge in [0.2, 0.25) is 5.91 Å². The van der Waals surface area contributed by atoms with E-state index < -0.39 is 136 Å². The van der Waals surface area contributed by atoms with Crippen LogP contribution < -0.4 is 5.32 Å². The molecule has 3 saturated heterocycles. The maximum Gasteiger partial charge on any atom is 0.364 e. The van der Waals surface area contributed by atoms with Crippen molar-refractivity contribution in [1.29, 1.82) is 0 Å². The second-order valence-corrected chi connectivity index (χ2v) is 11.6. The minimum absolute atomic E-state index is 0.307. The topological polar surface area (TPSA) is 332 Å². The molecule has 0 aromatic carbocycles. The molecule has 12 N–H and O–H groups in total. The first-order chi connectivity index (χ1) is 21.5. The molecule has 3 fully saturated rings. The first-order valence-corrected chi connectivity index (χ1v) is 14.4. The minimum atomic E-state index is -2.83. The van der Waals surface area contributed by atoms with E-state index in [0.29, 0.717) is 0 Å². The summed E-state index contributed by atoms with van der Waals surface area (Å²) in [6.45, 7) is -0.491. The van der Waals surface area contributed by atoms with Crippen molar-refractivity contribution in [2.24, 2.45) is 0 Å². The van der Waals surface area contributed by atoms with E-state index in [4.69, 9.17) is 23.7 Å². The molecule has 0 bridgehead atoms. The van der Waals surface area contributed by atoms with E-state index >= 15 is 0 Å². The van der Waals surface area contributed by atoms with Crippen molar-refractivity contribution >= 4 is 17.7 Å². The van der Waals surface area contributed by atoms with Crippen LogP contribution in [-0.4, -0.2) is 191 Å². The van der Waals surface area contributed by atoms with E-state index in [1.54, 1.807) is 0 Å². The SMILES string of the molecule is CC(=O)C[C@@H]1O[C@H](CO)[C@@H](O[C@@H]2O[C@H](CO[C@]3(C(=O)O)C[C@H](O)[C@@H](NC(C)=O)[C@H]([C@H](O)[C@H](O)CO)O3)[C@H](O)[C@H](O)[C@H]2O)[C@H](O)[C@H]1O. The van der Waals surface area contributed by atoms with Gasteiger partial charge in [-0.05, 0) is 6.92 Å². The molecule has 0 aliphatic carbocycles. The van der Waals surface area contributed by atoms with Crippen molar-refractivity contribution in [1.82, 2.24) is 5.32 Å². The smallest absolute Gasteiger partial charge is 0.364 e. The van der Waals surface area contributed by atoms with E-state index in [2.05, 4.69) is 5.32 Å². The van der Waals surface area contributed by atoms with Crippen molar-refractivity contribution in [3.05, 3.63) is 0 Å². The fourth-order valence-electron chi connectivity index (χ4n) is 5.60. The van der Waals surface area contributed by atoms with Crippen LogP contribution in [0, 0.1) is 0 Å². The van der Waals surface area contributed by atoms with Gasteiger partial charge >= 0.3 is 5.97 Å². The van der Waals surface area contributed by atoms with Gasteiger partial charge in [-0.2, -0.15) is 0 Å². The molecule has 0 radical (unpaired) electrons. The molecule has 3 aliphatic heterocycles. The van der Waals surface area contributed by atoms with E-state index in [1.165, 1.54) is 6.92 Å². The van der Waals surface area contributed by atoms with Crippen LogP contribution in [0.4, 0.5) is 0 Å². The highest BCUT2D eigenvalue weighted by atomic mass is 16.8. The third-order valence-electron chi connectivity index (χ3n) is 8.08. The molecule has 20 heteroatoms. The number of carboxylic acids is 1. The van der Waals surface area contributed by atoms with Crippen molar-refractivity contribution in [3.63, 3.8) is 0 Å². The lowest BCUT2D eigenvalue weighted by Crippen LogP contribution is -2.68. The zero-order chi connectivity index (χ0) is 34.7. The lowest BCUT2D eigenvalue weighted by Gasteiger charge is -2.48. The quantitative estimate of drug-likeness (QED) is 0.0863. The maximum absolute atomic E-state index is 12.4. The zero-order valence-electron chi connectivity index (χ0n) is 24.9. The fourth-order valence-corrected chi connectivity index (χ4v) is 5.60. The van der Waals surface area contributed by atoms with E-state index in [9.17, 15) is 70.6 Å². The van der Waals surface area contributed by atoms with E-state index in [0.717, 1.165) is 6.92 Å². The summed E-state index contributed by atoms with van der Waals surface area (Å²) >= 11 is 0. The summed E-state index contributed by atoms with van der Waals surface area (Å²) in [5, 5.41) is 115. The number of aliphatic hydroxyl groups excluding tert-OH is 10. The highest BCUT2D eigenvalue weighted by Gasteiger charge is 2.57. The summed E-state index contributed by atoms with van der Waals surface area (Å²) in [4.78, 5) is 35.7. The molecule has 3 aliphatic rings. The monoisotopic (exact) mass is 673 g/mol. The lowest BCUT2D eigenvalue weighted by molar-refractivity contribution is -0.356. The predicted octanol–water partition coefficient (Wildman–Crippen LogP) is -7.19. The molecule has 3 heterocycles. The molecule has 46 heavy (non-hydrogen) atoms. The third kappa shape index (κ3) is 8.35. The van der Waals surface area contributed by atoms with Crippen LogP contribution in [-0.2, 0) is 38.1 Å². The van der Waals surface area contributed by atoms with Gasteiger partial charge in [0.25, 0.3) is 5.79 Å². The van der Waals surface area contributed by atoms with Crippen LogP contribution in [0.2, 0.25) is 0 Å². The zero-order valence-corrected chi connectivity index (χ0v) is 24.9. The average molecular weight is 674 g/mol. The van der Waals surface area contributed by atoms with Crippen molar-refractivity contribution in [2.75, 3.05) is 19.8 Å². The largest absolute Gasteiger partial charge is 0.477 e. The number of aliphatic hydroxyl groups is 10. The summed E-state index contributed by atoms with van der Waals surface area (Å²) in [6.07, 6.45) is -26.1. The molecule has 1 amide bonds. The minimum Gasteiger partial charge on any atom is -0.477 e. The molecule has 16 atom stereocenters. The van der Waals surface area contributed by atoms with Gasteiger partial charge in [-0.25, -0.2) is 4.79 Å². The molecule has 0 aromatic heterocycles. The summed E-state index contributed by atoms with van der Waals surface area (Å²) in [6, 6.07) is -1.48. The molecule has 20 nitrogen and oxygen atoms in total. The van der Waals surface area contributed by atoms with Crippen LogP contribution in [0.3, 0.4) is 0 Å². The predicted molar refractivity (Wildman–Crippen MR) is 143 cm³/mol. The van der Waals surface area contributed by atoms with Crippen LogP contribution in [0.15, 0.2) is 0 Å². The van der Waals surface area contributed by atoms with Crippen LogP contribution in [0.1, 0.15) is 26.7 Å². The molecular formula is C26H43NO19. The van der Waals surface area contributed by atoms with Crippen LogP contribution in [0.5, 0.6) is 0 Å². The van der Waals surface area contributed by atoms with Gasteiger partial charge < -0.3 is 85.2 Å². The standard InChI is InChI=1S/C26H43NO19/c1-8(30)3-12-17(35)20(38)22(13(6-29)43-12)45-24-21(39)19(37)18(36)14(44-24)7-42-26(25(40)41)4-10(32)15(27-9(2)31)23(46-26)16(34)11(33)5-28/h10-24,28-29,32-39H,3-7H2,1-2H3,(H,27,31)(H,40,41)/t10-,11+,12-,13+,14+,15+,16+,17-,18-,19-,20+,21+,22+,23+,24-,26+/m0/s1. The first kappa shape index (κ1) is 38.5. The van der Waals surface area contributed by atoms with E-state index in [-0.39, 0.29) is 12.2 Å². The highest BCUT2D eigenvalue weighted by molar-refractivity contribution is 5.77. The van der Waals surface area contributed by atoms with Crippen LogP contribution in [0.25, 0.3) is 0 Å². The summed E-state index contributed by atoms with van der Waals surface area (Å²) in [5.41, 5.74) is 0. The summed E-state index contributed by atoms with van der Waals surface area (Å²) < 4.78 is 27.5. The lowest BCUT2D eigenvalue weighted by atomic mass is 9.88. The normalized spacial score (nSPS) is 43.0. The number of carbonyl (C=O) groups excluding carboxylic acids is 2. The van der Waals surface area contributed by atoms with Gasteiger partial charge in [0, 0.05) is 19.8 Å². The number of aliphatic carboxylic acids is 1. The second kappa shape index (κ2) is 15.9. The number of carboxylic acid groups (broad SMARTS) is 1. The number of Topliss-reactive ketones (excluding diaryl/α,β-unsaturated/α-hetero) is 1. The van der Waals surface area contributed by atoms with Gasteiger partial charge in [-0.15, -0.1) is 0 Å². The summed E-state index contributed by atoms with van der Waals surface area (Å²) in [7, 11) is 0.